The van der Waals surface area contributed by atoms with E-state index >= 15 is 0 Å². The summed E-state index contributed by atoms with van der Waals surface area (Å²) in [6.07, 6.45) is 0.0112. The molecule has 1 amide bonds. The highest BCUT2D eigenvalue weighted by Gasteiger charge is 2.09. The van der Waals surface area contributed by atoms with Crippen molar-refractivity contribution in [2.75, 3.05) is 19.0 Å². The predicted octanol–water partition coefficient (Wildman–Crippen LogP) is 1.85. The fraction of sp³-hybridized carbons (Fsp3) is 0.312. The molecule has 5 nitrogen and oxygen atoms in total. The van der Waals surface area contributed by atoms with Crippen LogP contribution in [0, 0.1) is 12.7 Å². The largest absolute Gasteiger partial charge is 0.350 e. The van der Waals surface area contributed by atoms with Gasteiger partial charge >= 0.3 is 0 Å². The van der Waals surface area contributed by atoms with Crippen molar-refractivity contribution in [2.45, 2.75) is 19.9 Å². The van der Waals surface area contributed by atoms with Gasteiger partial charge in [-0.25, -0.2) is 14.4 Å². The van der Waals surface area contributed by atoms with Gasteiger partial charge in [0.15, 0.2) is 0 Å². The molecule has 1 aromatic heterocycles. The lowest BCUT2D eigenvalue weighted by Crippen LogP contribution is -2.26. The molecule has 22 heavy (non-hydrogen) atoms. The fourth-order valence-corrected chi connectivity index (χ4v) is 1.97. The molecule has 1 aromatic carbocycles. The smallest absolute Gasteiger partial charge is 0.225 e. The van der Waals surface area contributed by atoms with Crippen LogP contribution in [0.15, 0.2) is 30.3 Å². The zero-order valence-corrected chi connectivity index (χ0v) is 12.9. The third-order valence-corrected chi connectivity index (χ3v) is 3.07. The van der Waals surface area contributed by atoms with Crippen molar-refractivity contribution in [2.24, 2.45) is 0 Å². The molecule has 1 heterocycles. The van der Waals surface area contributed by atoms with Crippen LogP contribution in [0.5, 0.6) is 0 Å². The molecule has 0 aliphatic carbocycles. The van der Waals surface area contributed by atoms with E-state index in [2.05, 4.69) is 15.3 Å². The molecule has 0 aliphatic heterocycles. The maximum absolute atomic E-state index is 13.5. The van der Waals surface area contributed by atoms with Crippen molar-refractivity contribution in [1.29, 1.82) is 0 Å². The van der Waals surface area contributed by atoms with E-state index in [-0.39, 0.29) is 24.7 Å². The molecule has 0 saturated heterocycles. The number of hydrogen-bond donors (Lipinski definition) is 1. The zero-order chi connectivity index (χ0) is 16.1. The number of carbonyl (C=O) groups excluding carboxylic acids is 1. The number of amides is 1. The monoisotopic (exact) mass is 302 g/mol. The van der Waals surface area contributed by atoms with Crippen LogP contribution in [0.1, 0.15) is 17.0 Å². The maximum Gasteiger partial charge on any atom is 0.225 e. The van der Waals surface area contributed by atoms with Gasteiger partial charge in [-0.15, -0.1) is 0 Å². The lowest BCUT2D eigenvalue weighted by Gasteiger charge is -2.12. The summed E-state index contributed by atoms with van der Waals surface area (Å²) < 4.78 is 13.5. The highest BCUT2D eigenvalue weighted by atomic mass is 19.1. The second-order valence-corrected chi connectivity index (χ2v) is 5.24. The number of carbonyl (C=O) groups is 1. The van der Waals surface area contributed by atoms with E-state index in [1.54, 1.807) is 23.1 Å². The first-order valence-corrected chi connectivity index (χ1v) is 6.97. The molecule has 0 fully saturated rings. The van der Waals surface area contributed by atoms with E-state index in [0.29, 0.717) is 11.5 Å². The first kappa shape index (κ1) is 15.9. The topological polar surface area (TPSA) is 58.1 Å². The van der Waals surface area contributed by atoms with Crippen LogP contribution in [0.3, 0.4) is 0 Å². The standard InChI is InChI=1S/C16H19FN4O/c1-11-8-13(20-16(19-11)21(2)3)10-18-15(22)9-12-6-4-5-7-14(12)17/h4-8H,9-10H2,1-3H3,(H,18,22). The van der Waals surface area contributed by atoms with Crippen LogP contribution in [-0.2, 0) is 17.8 Å². The third-order valence-electron chi connectivity index (χ3n) is 3.07. The Kier molecular flexibility index (Phi) is 5.04. The molecule has 116 valence electrons. The summed E-state index contributed by atoms with van der Waals surface area (Å²) in [5, 5.41) is 2.75. The first-order chi connectivity index (χ1) is 10.5. The van der Waals surface area contributed by atoms with E-state index in [9.17, 15) is 9.18 Å². The summed E-state index contributed by atoms with van der Waals surface area (Å²) in [5.74, 6) is -0.0171. The van der Waals surface area contributed by atoms with Gasteiger partial charge in [0, 0.05) is 19.8 Å². The van der Waals surface area contributed by atoms with Gasteiger partial charge in [-0.1, -0.05) is 18.2 Å². The van der Waals surface area contributed by atoms with Crippen molar-refractivity contribution in [3.8, 4) is 0 Å². The Bertz CT molecular complexity index is 673. The van der Waals surface area contributed by atoms with Gasteiger partial charge < -0.3 is 10.2 Å². The number of nitrogens with one attached hydrogen (secondary N) is 1. The van der Waals surface area contributed by atoms with Crippen LogP contribution < -0.4 is 10.2 Å². The molecule has 0 atom stereocenters. The highest BCUT2D eigenvalue weighted by molar-refractivity contribution is 5.78. The van der Waals surface area contributed by atoms with E-state index in [0.717, 1.165) is 11.4 Å². The van der Waals surface area contributed by atoms with Gasteiger partial charge in [0.1, 0.15) is 5.82 Å². The first-order valence-electron chi connectivity index (χ1n) is 6.97. The minimum atomic E-state index is -0.370. The zero-order valence-electron chi connectivity index (χ0n) is 12.9. The maximum atomic E-state index is 13.5. The Morgan fingerprint density at radius 1 is 1.27 bits per heavy atom. The van der Waals surface area contributed by atoms with Gasteiger partial charge in [0.25, 0.3) is 0 Å². The number of aryl methyl sites for hydroxylation is 1. The van der Waals surface area contributed by atoms with E-state index < -0.39 is 0 Å². The normalized spacial score (nSPS) is 10.4. The molecule has 0 saturated carbocycles. The average Bonchev–Trinajstić information content (AvgIpc) is 2.47. The Morgan fingerprint density at radius 3 is 2.68 bits per heavy atom. The Labute approximate surface area is 129 Å². The van der Waals surface area contributed by atoms with Crippen LogP contribution in [-0.4, -0.2) is 30.0 Å². The molecule has 2 aromatic rings. The Hall–Kier alpha value is -2.50. The summed E-state index contributed by atoms with van der Waals surface area (Å²) in [6.45, 7) is 2.16. The summed E-state index contributed by atoms with van der Waals surface area (Å²) in [5.41, 5.74) is 1.93. The average molecular weight is 302 g/mol. The van der Waals surface area contributed by atoms with Gasteiger partial charge in [-0.05, 0) is 24.6 Å². The van der Waals surface area contributed by atoms with Gasteiger partial charge in [0.05, 0.1) is 18.7 Å². The van der Waals surface area contributed by atoms with Crippen molar-refractivity contribution >= 4 is 11.9 Å². The van der Waals surface area contributed by atoms with Crippen molar-refractivity contribution in [3.63, 3.8) is 0 Å². The number of rotatable bonds is 5. The fourth-order valence-electron chi connectivity index (χ4n) is 1.97. The molecule has 1 N–H and O–H groups in total. The number of nitrogens with zero attached hydrogens (tertiary/aromatic N) is 3. The van der Waals surface area contributed by atoms with Gasteiger partial charge in [0.2, 0.25) is 11.9 Å². The predicted molar refractivity (Wildman–Crippen MR) is 83.0 cm³/mol. The lowest BCUT2D eigenvalue weighted by atomic mass is 10.1. The number of benzene rings is 1. The molecule has 0 radical (unpaired) electrons. The molecule has 0 unspecified atom stereocenters. The lowest BCUT2D eigenvalue weighted by molar-refractivity contribution is -0.120. The van der Waals surface area contributed by atoms with Crippen molar-refractivity contribution in [3.05, 3.63) is 53.1 Å². The number of aromatic nitrogens is 2. The summed E-state index contributed by atoms with van der Waals surface area (Å²) in [7, 11) is 3.71. The summed E-state index contributed by atoms with van der Waals surface area (Å²) in [4.78, 5) is 22.4. The Morgan fingerprint density at radius 2 is 2.00 bits per heavy atom. The minimum Gasteiger partial charge on any atom is -0.350 e. The molecular formula is C16H19FN4O. The minimum absolute atomic E-state index is 0.0112. The molecular weight excluding hydrogens is 283 g/mol. The van der Waals surface area contributed by atoms with Crippen LogP contribution in [0.4, 0.5) is 10.3 Å². The summed E-state index contributed by atoms with van der Waals surface area (Å²) in [6, 6.07) is 8.08. The summed E-state index contributed by atoms with van der Waals surface area (Å²) >= 11 is 0. The van der Waals surface area contributed by atoms with E-state index in [1.807, 2.05) is 27.1 Å². The number of hydrogen-bond acceptors (Lipinski definition) is 4. The van der Waals surface area contributed by atoms with Crippen molar-refractivity contribution < 1.29 is 9.18 Å². The second kappa shape index (κ2) is 6.98. The van der Waals surface area contributed by atoms with E-state index in [1.165, 1.54) is 6.07 Å². The van der Waals surface area contributed by atoms with Gasteiger partial charge in [-0.2, -0.15) is 0 Å². The van der Waals surface area contributed by atoms with Crippen LogP contribution >= 0.6 is 0 Å². The quantitative estimate of drug-likeness (QED) is 0.916. The molecule has 6 heteroatoms. The van der Waals surface area contributed by atoms with Crippen LogP contribution in [0.25, 0.3) is 0 Å². The SMILES string of the molecule is Cc1cc(CNC(=O)Cc2ccccc2F)nc(N(C)C)n1. The number of halogens is 1. The molecule has 2 rings (SSSR count). The molecule has 0 aliphatic rings. The Balaban J connectivity index is 1.98. The van der Waals surface area contributed by atoms with Gasteiger partial charge in [-0.3, -0.25) is 4.79 Å². The molecule has 0 spiro atoms. The third kappa shape index (κ3) is 4.25. The van der Waals surface area contributed by atoms with E-state index in [4.69, 9.17) is 0 Å². The number of anilines is 1. The second-order valence-electron chi connectivity index (χ2n) is 5.24. The van der Waals surface area contributed by atoms with Crippen molar-refractivity contribution in [1.82, 2.24) is 15.3 Å². The highest BCUT2D eigenvalue weighted by Crippen LogP contribution is 2.09. The van der Waals surface area contributed by atoms with Crippen LogP contribution in [0.2, 0.25) is 0 Å². The molecule has 0 bridgehead atoms.